The Morgan fingerprint density at radius 2 is 2.10 bits per heavy atom. The van der Waals surface area contributed by atoms with Crippen molar-refractivity contribution in [3.05, 3.63) is 30.0 Å². The van der Waals surface area contributed by atoms with E-state index in [9.17, 15) is 9.59 Å². The van der Waals surface area contributed by atoms with E-state index in [1.54, 1.807) is 24.2 Å². The number of methoxy groups -OCH3 is 1. The Morgan fingerprint density at radius 3 is 2.69 bits per heavy atom. The maximum absolute atomic E-state index is 12.7. The summed E-state index contributed by atoms with van der Waals surface area (Å²) in [4.78, 5) is 36.5. The number of hydrogen-bond donors (Lipinski definition) is 2. The number of carboxylic acid groups (broad SMARTS) is 1. The second kappa shape index (κ2) is 7.94. The van der Waals surface area contributed by atoms with Crippen molar-refractivity contribution >= 4 is 35.0 Å². The number of carboxylic acids is 1. The fourth-order valence-electron chi connectivity index (χ4n) is 3.49. The van der Waals surface area contributed by atoms with Crippen LogP contribution in [0.3, 0.4) is 0 Å². The SMILES string of the molecule is CC[C@H]1C(=O)N(C)c2cnc(Nc3ccc(C(=O)O)cc3OC)nc2N1C(C)C. The predicted octanol–water partition coefficient (Wildman–Crippen LogP) is 2.90. The lowest BCUT2D eigenvalue weighted by Gasteiger charge is -2.42. The molecule has 0 saturated carbocycles. The summed E-state index contributed by atoms with van der Waals surface area (Å²) in [6, 6.07) is 4.30. The molecule has 9 heteroatoms. The maximum Gasteiger partial charge on any atom is 0.335 e. The van der Waals surface area contributed by atoms with Crippen molar-refractivity contribution in [1.29, 1.82) is 0 Å². The van der Waals surface area contributed by atoms with Gasteiger partial charge < -0.3 is 25.0 Å². The molecule has 0 bridgehead atoms. The molecule has 2 aromatic rings. The van der Waals surface area contributed by atoms with Gasteiger partial charge in [0, 0.05) is 13.1 Å². The molecule has 0 spiro atoms. The Hall–Kier alpha value is -3.36. The smallest absolute Gasteiger partial charge is 0.335 e. The number of nitrogens with zero attached hydrogens (tertiary/aromatic N) is 4. The Bertz CT molecular complexity index is 946. The zero-order chi connectivity index (χ0) is 21.3. The molecular formula is C20H25N5O4. The van der Waals surface area contributed by atoms with Gasteiger partial charge in [-0.05, 0) is 38.5 Å². The molecule has 0 aliphatic carbocycles. The number of aromatic carboxylic acids is 1. The molecule has 0 saturated heterocycles. The second-order valence-corrected chi connectivity index (χ2v) is 7.07. The van der Waals surface area contributed by atoms with Crippen molar-refractivity contribution in [3.63, 3.8) is 0 Å². The summed E-state index contributed by atoms with van der Waals surface area (Å²) in [5.74, 6) is 0.348. The predicted molar refractivity (Wildman–Crippen MR) is 110 cm³/mol. The number of likely N-dealkylation sites (N-methyl/N-ethyl adjacent to an activating group) is 1. The van der Waals surface area contributed by atoms with E-state index in [4.69, 9.17) is 9.84 Å². The number of carbonyl (C=O) groups is 2. The van der Waals surface area contributed by atoms with Gasteiger partial charge in [0.15, 0.2) is 5.82 Å². The minimum Gasteiger partial charge on any atom is -0.495 e. The van der Waals surface area contributed by atoms with Gasteiger partial charge in [-0.25, -0.2) is 9.78 Å². The lowest BCUT2D eigenvalue weighted by molar-refractivity contribution is -0.120. The summed E-state index contributed by atoms with van der Waals surface area (Å²) in [6.07, 6.45) is 2.28. The number of nitrogens with one attached hydrogen (secondary N) is 1. The van der Waals surface area contributed by atoms with E-state index < -0.39 is 5.97 Å². The quantitative estimate of drug-likeness (QED) is 0.763. The molecule has 1 atom stereocenters. The minimum absolute atomic E-state index is 0.0175. The van der Waals surface area contributed by atoms with E-state index in [-0.39, 0.29) is 23.6 Å². The molecule has 1 aromatic heterocycles. The van der Waals surface area contributed by atoms with Crippen LogP contribution >= 0.6 is 0 Å². The lowest BCUT2D eigenvalue weighted by Crippen LogP contribution is -2.54. The summed E-state index contributed by atoms with van der Waals surface area (Å²) in [5, 5.41) is 12.2. The molecule has 0 radical (unpaired) electrons. The third-order valence-electron chi connectivity index (χ3n) is 4.95. The Balaban J connectivity index is 2.01. The normalized spacial score (nSPS) is 16.1. The van der Waals surface area contributed by atoms with Crippen molar-refractivity contribution < 1.29 is 19.4 Å². The first-order valence-electron chi connectivity index (χ1n) is 9.39. The summed E-state index contributed by atoms with van der Waals surface area (Å²) in [5.41, 5.74) is 1.31. The highest BCUT2D eigenvalue weighted by atomic mass is 16.5. The van der Waals surface area contributed by atoms with Gasteiger partial charge in [0.1, 0.15) is 17.5 Å². The lowest BCUT2D eigenvalue weighted by atomic mass is 10.1. The first kappa shape index (κ1) is 20.4. The van der Waals surface area contributed by atoms with Crippen LogP contribution in [0.25, 0.3) is 0 Å². The number of rotatable bonds is 6. The number of anilines is 4. The highest BCUT2D eigenvalue weighted by Gasteiger charge is 2.38. The maximum atomic E-state index is 12.7. The number of ether oxygens (including phenoxy) is 1. The number of carbonyl (C=O) groups excluding carboxylic acids is 1. The van der Waals surface area contributed by atoms with Crippen LogP contribution in [0.5, 0.6) is 5.75 Å². The molecule has 29 heavy (non-hydrogen) atoms. The molecule has 9 nitrogen and oxygen atoms in total. The van der Waals surface area contributed by atoms with Gasteiger partial charge in [-0.15, -0.1) is 0 Å². The summed E-state index contributed by atoms with van der Waals surface area (Å²) >= 11 is 0. The Labute approximate surface area is 169 Å². The zero-order valence-electron chi connectivity index (χ0n) is 17.1. The molecule has 2 heterocycles. The van der Waals surface area contributed by atoms with E-state index in [1.807, 2.05) is 25.7 Å². The van der Waals surface area contributed by atoms with Crippen molar-refractivity contribution in [2.75, 3.05) is 29.3 Å². The first-order valence-corrected chi connectivity index (χ1v) is 9.39. The molecular weight excluding hydrogens is 374 g/mol. The van der Waals surface area contributed by atoms with E-state index in [2.05, 4.69) is 15.3 Å². The van der Waals surface area contributed by atoms with Crippen molar-refractivity contribution in [1.82, 2.24) is 9.97 Å². The molecule has 1 aromatic carbocycles. The summed E-state index contributed by atoms with van der Waals surface area (Å²) in [7, 11) is 3.19. The molecule has 154 valence electrons. The Morgan fingerprint density at radius 1 is 1.38 bits per heavy atom. The zero-order valence-corrected chi connectivity index (χ0v) is 17.1. The summed E-state index contributed by atoms with van der Waals surface area (Å²) in [6.45, 7) is 6.02. The number of benzene rings is 1. The van der Waals surface area contributed by atoms with Crippen LogP contribution in [-0.2, 0) is 4.79 Å². The number of amides is 1. The van der Waals surface area contributed by atoms with Gasteiger partial charge in [0.2, 0.25) is 11.9 Å². The number of fused-ring (bicyclic) bond motifs is 1. The monoisotopic (exact) mass is 399 g/mol. The molecule has 2 N–H and O–H groups in total. The van der Waals surface area contributed by atoms with Gasteiger partial charge in [-0.3, -0.25) is 4.79 Å². The van der Waals surface area contributed by atoms with E-state index in [1.165, 1.54) is 19.2 Å². The van der Waals surface area contributed by atoms with Crippen LogP contribution in [0.2, 0.25) is 0 Å². The molecule has 0 fully saturated rings. The van der Waals surface area contributed by atoms with Gasteiger partial charge >= 0.3 is 5.97 Å². The fraction of sp³-hybridized carbons (Fsp3) is 0.400. The van der Waals surface area contributed by atoms with E-state index in [0.29, 0.717) is 35.3 Å². The molecule has 1 aliphatic heterocycles. The second-order valence-electron chi connectivity index (χ2n) is 7.07. The third-order valence-corrected chi connectivity index (χ3v) is 4.95. The van der Waals surface area contributed by atoms with Crippen LogP contribution in [0.4, 0.5) is 23.1 Å². The minimum atomic E-state index is -1.04. The molecule has 3 rings (SSSR count). The average molecular weight is 399 g/mol. The van der Waals surface area contributed by atoms with E-state index >= 15 is 0 Å². The van der Waals surface area contributed by atoms with Crippen molar-refractivity contribution in [3.8, 4) is 5.75 Å². The van der Waals surface area contributed by atoms with Crippen molar-refractivity contribution in [2.24, 2.45) is 0 Å². The average Bonchev–Trinajstić information content (AvgIpc) is 2.70. The molecule has 0 unspecified atom stereocenters. The molecule has 1 amide bonds. The van der Waals surface area contributed by atoms with Gasteiger partial charge in [-0.1, -0.05) is 6.92 Å². The number of aromatic nitrogens is 2. The van der Waals surface area contributed by atoms with Gasteiger partial charge in [0.25, 0.3) is 0 Å². The topological polar surface area (TPSA) is 108 Å². The van der Waals surface area contributed by atoms with Crippen LogP contribution in [0, 0.1) is 0 Å². The van der Waals surface area contributed by atoms with Crippen LogP contribution in [0.1, 0.15) is 37.6 Å². The van der Waals surface area contributed by atoms with Gasteiger partial charge in [0.05, 0.1) is 24.6 Å². The fourth-order valence-corrected chi connectivity index (χ4v) is 3.49. The van der Waals surface area contributed by atoms with Crippen LogP contribution < -0.4 is 19.9 Å². The first-order chi connectivity index (χ1) is 13.8. The van der Waals surface area contributed by atoms with Crippen LogP contribution in [0.15, 0.2) is 24.4 Å². The highest BCUT2D eigenvalue weighted by Crippen LogP contribution is 2.37. The van der Waals surface area contributed by atoms with Crippen LogP contribution in [-0.4, -0.2) is 53.2 Å². The van der Waals surface area contributed by atoms with Gasteiger partial charge in [-0.2, -0.15) is 4.98 Å². The Kier molecular flexibility index (Phi) is 5.58. The third kappa shape index (κ3) is 3.67. The van der Waals surface area contributed by atoms with E-state index in [0.717, 1.165) is 0 Å². The highest BCUT2D eigenvalue weighted by molar-refractivity contribution is 6.04. The summed E-state index contributed by atoms with van der Waals surface area (Å²) < 4.78 is 5.30. The standard InChI is InChI=1S/C20H25N5O4/c1-6-14-18(26)24(4)15-10-21-20(23-17(15)25(14)11(2)3)22-13-8-7-12(19(27)28)9-16(13)29-5/h7-11,14H,6H2,1-5H3,(H,27,28)(H,21,22,23)/t14-/m0/s1. The largest absolute Gasteiger partial charge is 0.495 e. The molecule has 1 aliphatic rings. The number of hydrogen-bond acceptors (Lipinski definition) is 7. The van der Waals surface area contributed by atoms with Crippen molar-refractivity contribution in [2.45, 2.75) is 39.3 Å².